The van der Waals surface area contributed by atoms with Crippen molar-refractivity contribution in [2.24, 2.45) is 0 Å². The van der Waals surface area contributed by atoms with E-state index in [0.717, 1.165) is 15.8 Å². The summed E-state index contributed by atoms with van der Waals surface area (Å²) in [6.45, 7) is 4.48. The molecule has 1 atom stereocenters. The van der Waals surface area contributed by atoms with Crippen LogP contribution in [0.4, 0.5) is 0 Å². The lowest BCUT2D eigenvalue weighted by Gasteiger charge is -2.15. The van der Waals surface area contributed by atoms with Crippen molar-refractivity contribution in [1.82, 2.24) is 5.32 Å². The summed E-state index contributed by atoms with van der Waals surface area (Å²) >= 11 is 3.39. The van der Waals surface area contributed by atoms with Crippen LogP contribution >= 0.6 is 15.9 Å². The number of amides is 1. The molecule has 0 saturated heterocycles. The Balaban J connectivity index is 1.81. The number of hydrogen-bond donors (Lipinski definition) is 1. The van der Waals surface area contributed by atoms with E-state index in [2.05, 4.69) is 21.2 Å². The van der Waals surface area contributed by atoms with Crippen LogP contribution in [0.5, 0.6) is 11.5 Å². The van der Waals surface area contributed by atoms with Gasteiger partial charge in [0.1, 0.15) is 11.5 Å². The minimum atomic E-state index is -0.158. The fourth-order valence-electron chi connectivity index (χ4n) is 2.07. The van der Waals surface area contributed by atoms with Gasteiger partial charge in [0.25, 0.3) is 5.91 Å². The van der Waals surface area contributed by atoms with Crippen LogP contribution in [0.25, 0.3) is 0 Å². The summed E-state index contributed by atoms with van der Waals surface area (Å²) in [7, 11) is 0. The van der Waals surface area contributed by atoms with Gasteiger partial charge in [0.05, 0.1) is 12.6 Å². The maximum Gasteiger partial charge on any atom is 0.258 e. The molecule has 0 heterocycles. The van der Waals surface area contributed by atoms with Gasteiger partial charge in [-0.2, -0.15) is 0 Å². The minimum absolute atomic E-state index is 0.0190. The van der Waals surface area contributed by atoms with E-state index < -0.39 is 0 Å². The van der Waals surface area contributed by atoms with Crippen LogP contribution < -0.4 is 14.8 Å². The van der Waals surface area contributed by atoms with Gasteiger partial charge in [-0.15, -0.1) is 0 Å². The third-order valence-electron chi connectivity index (χ3n) is 3.25. The molecule has 0 radical (unpaired) electrons. The van der Waals surface area contributed by atoms with Gasteiger partial charge < -0.3 is 14.8 Å². The Morgan fingerprint density at radius 1 is 1.04 bits per heavy atom. The molecule has 0 aliphatic rings. The number of benzene rings is 2. The first-order valence-electron chi connectivity index (χ1n) is 7.49. The van der Waals surface area contributed by atoms with Crippen LogP contribution in [0.3, 0.4) is 0 Å². The molecule has 5 heteroatoms. The molecule has 0 aliphatic carbocycles. The van der Waals surface area contributed by atoms with E-state index in [9.17, 15) is 4.79 Å². The maximum atomic E-state index is 12.0. The molecule has 0 aliphatic heterocycles. The van der Waals surface area contributed by atoms with Gasteiger partial charge in [0.15, 0.2) is 6.61 Å². The number of carbonyl (C=O) groups excluding carboxylic acids is 1. The lowest BCUT2D eigenvalue weighted by atomic mass is 10.1. The molecule has 23 heavy (non-hydrogen) atoms. The van der Waals surface area contributed by atoms with Gasteiger partial charge in [0.2, 0.25) is 0 Å². The number of rotatable bonds is 7. The number of hydrogen-bond acceptors (Lipinski definition) is 3. The predicted molar refractivity (Wildman–Crippen MR) is 93.8 cm³/mol. The zero-order valence-electron chi connectivity index (χ0n) is 13.2. The normalized spacial score (nSPS) is 11.6. The summed E-state index contributed by atoms with van der Waals surface area (Å²) in [5.74, 6) is 1.27. The predicted octanol–water partition coefficient (Wildman–Crippen LogP) is 4.10. The second-order valence-corrected chi connectivity index (χ2v) is 5.95. The summed E-state index contributed by atoms with van der Waals surface area (Å²) in [6, 6.07) is 15.0. The van der Waals surface area contributed by atoms with E-state index in [1.165, 1.54) is 0 Å². The van der Waals surface area contributed by atoms with Gasteiger partial charge in [-0.05, 0) is 55.8 Å². The van der Waals surface area contributed by atoms with Gasteiger partial charge in [0, 0.05) is 4.47 Å². The average Bonchev–Trinajstić information content (AvgIpc) is 2.55. The SMILES string of the molecule is CCOc1ccc(OCC(=O)N[C@@H](C)c2ccc(Br)cc2)cc1. The molecular weight excluding hydrogens is 358 g/mol. The van der Waals surface area contributed by atoms with Crippen LogP contribution in [0.15, 0.2) is 53.0 Å². The molecular formula is C18H20BrNO3. The number of nitrogens with one attached hydrogen (secondary N) is 1. The Hall–Kier alpha value is -2.01. The van der Waals surface area contributed by atoms with E-state index in [1.54, 1.807) is 12.1 Å². The summed E-state index contributed by atoms with van der Waals surface area (Å²) in [5.41, 5.74) is 1.04. The highest BCUT2D eigenvalue weighted by atomic mass is 79.9. The number of ether oxygens (including phenoxy) is 2. The van der Waals surface area contributed by atoms with E-state index >= 15 is 0 Å². The first kappa shape index (κ1) is 17.3. The first-order valence-corrected chi connectivity index (χ1v) is 8.28. The van der Waals surface area contributed by atoms with Crippen LogP contribution in [-0.4, -0.2) is 19.1 Å². The molecule has 2 aromatic rings. The third-order valence-corrected chi connectivity index (χ3v) is 3.78. The van der Waals surface area contributed by atoms with Crippen molar-refractivity contribution in [2.75, 3.05) is 13.2 Å². The second kappa shape index (κ2) is 8.58. The third kappa shape index (κ3) is 5.60. The van der Waals surface area contributed by atoms with Crippen molar-refractivity contribution in [1.29, 1.82) is 0 Å². The highest BCUT2D eigenvalue weighted by Crippen LogP contribution is 2.18. The molecule has 0 unspecified atom stereocenters. The maximum absolute atomic E-state index is 12.0. The molecule has 122 valence electrons. The Kier molecular flexibility index (Phi) is 6.47. The van der Waals surface area contributed by atoms with Crippen LogP contribution in [0.1, 0.15) is 25.5 Å². The van der Waals surface area contributed by atoms with Crippen molar-refractivity contribution >= 4 is 21.8 Å². The Labute approximate surface area is 144 Å². The van der Waals surface area contributed by atoms with Crippen LogP contribution in [0, 0.1) is 0 Å². The van der Waals surface area contributed by atoms with Crippen molar-refractivity contribution in [2.45, 2.75) is 19.9 Å². The molecule has 2 rings (SSSR count). The quantitative estimate of drug-likeness (QED) is 0.789. The largest absolute Gasteiger partial charge is 0.494 e. The molecule has 2 aromatic carbocycles. The summed E-state index contributed by atoms with van der Waals surface area (Å²) in [6.07, 6.45) is 0. The van der Waals surface area contributed by atoms with Gasteiger partial charge >= 0.3 is 0 Å². The fraction of sp³-hybridized carbons (Fsp3) is 0.278. The van der Waals surface area contributed by atoms with Crippen molar-refractivity contribution in [3.8, 4) is 11.5 Å². The van der Waals surface area contributed by atoms with Gasteiger partial charge in [-0.3, -0.25) is 4.79 Å². The highest BCUT2D eigenvalue weighted by Gasteiger charge is 2.10. The molecule has 1 amide bonds. The average molecular weight is 378 g/mol. The number of carbonyl (C=O) groups is 1. The highest BCUT2D eigenvalue weighted by molar-refractivity contribution is 9.10. The lowest BCUT2D eigenvalue weighted by Crippen LogP contribution is -2.31. The second-order valence-electron chi connectivity index (χ2n) is 5.03. The van der Waals surface area contributed by atoms with Crippen molar-refractivity contribution < 1.29 is 14.3 Å². The Morgan fingerprint density at radius 3 is 2.17 bits per heavy atom. The van der Waals surface area contributed by atoms with Gasteiger partial charge in [-0.1, -0.05) is 28.1 Å². The van der Waals surface area contributed by atoms with E-state index in [0.29, 0.717) is 12.4 Å². The minimum Gasteiger partial charge on any atom is -0.494 e. The topological polar surface area (TPSA) is 47.6 Å². The summed E-state index contributed by atoms with van der Waals surface area (Å²) < 4.78 is 11.9. The van der Waals surface area contributed by atoms with E-state index in [1.807, 2.05) is 50.2 Å². The lowest BCUT2D eigenvalue weighted by molar-refractivity contribution is -0.123. The molecule has 4 nitrogen and oxygen atoms in total. The van der Waals surface area contributed by atoms with E-state index in [-0.39, 0.29) is 18.6 Å². The monoisotopic (exact) mass is 377 g/mol. The molecule has 0 bridgehead atoms. The molecule has 0 spiro atoms. The first-order chi connectivity index (χ1) is 11.1. The standard InChI is InChI=1S/C18H20BrNO3/c1-3-22-16-8-10-17(11-9-16)23-12-18(21)20-13(2)14-4-6-15(19)7-5-14/h4-11,13H,3,12H2,1-2H3,(H,20,21)/t13-/m0/s1. The molecule has 1 N–H and O–H groups in total. The number of halogens is 1. The Bertz CT molecular complexity index is 626. The van der Waals surface area contributed by atoms with Crippen molar-refractivity contribution in [3.05, 3.63) is 58.6 Å². The molecule has 0 aromatic heterocycles. The smallest absolute Gasteiger partial charge is 0.258 e. The van der Waals surface area contributed by atoms with Crippen LogP contribution in [0.2, 0.25) is 0 Å². The van der Waals surface area contributed by atoms with Crippen molar-refractivity contribution in [3.63, 3.8) is 0 Å². The zero-order chi connectivity index (χ0) is 16.7. The summed E-state index contributed by atoms with van der Waals surface area (Å²) in [5, 5.41) is 2.91. The summed E-state index contributed by atoms with van der Waals surface area (Å²) in [4.78, 5) is 12.0. The molecule has 0 fully saturated rings. The zero-order valence-corrected chi connectivity index (χ0v) is 14.8. The Morgan fingerprint density at radius 2 is 1.61 bits per heavy atom. The fourth-order valence-corrected chi connectivity index (χ4v) is 2.33. The van der Waals surface area contributed by atoms with E-state index in [4.69, 9.17) is 9.47 Å². The van der Waals surface area contributed by atoms with Crippen LogP contribution in [-0.2, 0) is 4.79 Å². The van der Waals surface area contributed by atoms with Gasteiger partial charge in [-0.25, -0.2) is 0 Å². The molecule has 0 saturated carbocycles.